The van der Waals surface area contributed by atoms with Gasteiger partial charge in [-0.1, -0.05) is 0 Å². The zero-order valence-corrected chi connectivity index (χ0v) is 10.6. The summed E-state index contributed by atoms with van der Waals surface area (Å²) in [6.45, 7) is 2.60. The van der Waals surface area contributed by atoms with E-state index >= 15 is 0 Å². The smallest absolute Gasteiger partial charge is 0.330 e. The summed E-state index contributed by atoms with van der Waals surface area (Å²) in [4.78, 5) is 11.4. The Labute approximate surface area is 106 Å². The number of ether oxygens (including phenoxy) is 3. The van der Waals surface area contributed by atoms with Gasteiger partial charge in [-0.15, -0.1) is 0 Å². The lowest BCUT2D eigenvalue weighted by molar-refractivity contribution is -0.137. The van der Waals surface area contributed by atoms with Crippen LogP contribution in [-0.4, -0.2) is 26.3 Å². The Balaban J connectivity index is 2.15. The third kappa shape index (κ3) is 2.83. The summed E-state index contributed by atoms with van der Waals surface area (Å²) in [5, 5.41) is 0. The van der Waals surface area contributed by atoms with E-state index in [-0.39, 0.29) is 5.97 Å². The van der Waals surface area contributed by atoms with Crippen LogP contribution in [0, 0.1) is 0 Å². The van der Waals surface area contributed by atoms with E-state index in [9.17, 15) is 4.79 Å². The predicted molar refractivity (Wildman–Crippen MR) is 66.9 cm³/mol. The van der Waals surface area contributed by atoms with Crippen LogP contribution in [0.4, 0.5) is 0 Å². The summed E-state index contributed by atoms with van der Waals surface area (Å²) in [6, 6.07) is 5.67. The molecule has 2 rings (SSSR count). The molecular weight excluding hydrogens is 232 g/mol. The van der Waals surface area contributed by atoms with Gasteiger partial charge in [0.1, 0.15) is 18.1 Å². The van der Waals surface area contributed by atoms with Crippen molar-refractivity contribution in [1.82, 2.24) is 0 Å². The van der Waals surface area contributed by atoms with E-state index in [1.54, 1.807) is 14.0 Å². The van der Waals surface area contributed by atoms with Crippen LogP contribution in [0.25, 0.3) is 0 Å². The van der Waals surface area contributed by atoms with Crippen LogP contribution in [0.2, 0.25) is 0 Å². The molecule has 0 spiro atoms. The summed E-state index contributed by atoms with van der Waals surface area (Å²) < 4.78 is 15.6. The van der Waals surface area contributed by atoms with Gasteiger partial charge in [0.25, 0.3) is 0 Å². The number of rotatable bonds is 3. The van der Waals surface area contributed by atoms with E-state index < -0.39 is 0 Å². The number of benzene rings is 1. The quantitative estimate of drug-likeness (QED) is 0.607. The molecule has 0 bridgehead atoms. The SMILES string of the molecule is CCOC(=O)/C=C1\COc2ccc(OC)cc2C1. The highest BCUT2D eigenvalue weighted by molar-refractivity contribution is 5.83. The fourth-order valence-electron chi connectivity index (χ4n) is 1.87. The van der Waals surface area contributed by atoms with Gasteiger partial charge in [0, 0.05) is 18.1 Å². The minimum absolute atomic E-state index is 0.317. The van der Waals surface area contributed by atoms with Crippen LogP contribution in [0.15, 0.2) is 29.8 Å². The summed E-state index contributed by atoms with van der Waals surface area (Å²) in [6.07, 6.45) is 2.19. The Hall–Kier alpha value is -1.97. The number of methoxy groups -OCH3 is 1. The zero-order chi connectivity index (χ0) is 13.0. The molecule has 1 aromatic rings. The molecule has 4 heteroatoms. The van der Waals surface area contributed by atoms with E-state index in [2.05, 4.69) is 0 Å². The van der Waals surface area contributed by atoms with E-state index in [1.165, 1.54) is 6.08 Å². The van der Waals surface area contributed by atoms with Crippen molar-refractivity contribution in [2.75, 3.05) is 20.3 Å². The Morgan fingerprint density at radius 3 is 3.06 bits per heavy atom. The van der Waals surface area contributed by atoms with Gasteiger partial charge in [0.2, 0.25) is 0 Å². The largest absolute Gasteiger partial charge is 0.497 e. The highest BCUT2D eigenvalue weighted by Crippen LogP contribution is 2.30. The van der Waals surface area contributed by atoms with Crippen molar-refractivity contribution in [3.63, 3.8) is 0 Å². The number of fused-ring (bicyclic) bond motifs is 1. The van der Waals surface area contributed by atoms with Gasteiger partial charge in [-0.25, -0.2) is 4.79 Å². The lowest BCUT2D eigenvalue weighted by atomic mass is 10.0. The van der Waals surface area contributed by atoms with Crippen LogP contribution in [0.5, 0.6) is 11.5 Å². The van der Waals surface area contributed by atoms with Gasteiger partial charge in [-0.05, 0) is 30.7 Å². The van der Waals surface area contributed by atoms with Crippen LogP contribution in [-0.2, 0) is 16.0 Å². The minimum Gasteiger partial charge on any atom is -0.497 e. The molecule has 96 valence electrons. The number of hydrogen-bond acceptors (Lipinski definition) is 4. The molecule has 0 unspecified atom stereocenters. The maximum absolute atomic E-state index is 11.4. The zero-order valence-electron chi connectivity index (χ0n) is 10.6. The number of hydrogen-bond donors (Lipinski definition) is 0. The second-order valence-corrected chi connectivity index (χ2v) is 3.99. The first-order valence-electron chi connectivity index (χ1n) is 5.89. The molecule has 0 amide bonds. The molecule has 0 N–H and O–H groups in total. The molecule has 0 aliphatic carbocycles. The monoisotopic (exact) mass is 248 g/mol. The van der Waals surface area contributed by atoms with Crippen molar-refractivity contribution in [3.8, 4) is 11.5 Å². The van der Waals surface area contributed by atoms with Crippen LogP contribution in [0.1, 0.15) is 12.5 Å². The maximum atomic E-state index is 11.4. The summed E-state index contributed by atoms with van der Waals surface area (Å²) in [5.41, 5.74) is 1.94. The van der Waals surface area contributed by atoms with Gasteiger partial charge >= 0.3 is 5.97 Å². The molecule has 0 radical (unpaired) electrons. The highest BCUT2D eigenvalue weighted by atomic mass is 16.5. The minimum atomic E-state index is -0.317. The molecule has 1 aliphatic heterocycles. The third-order valence-electron chi connectivity index (χ3n) is 2.71. The third-order valence-corrected chi connectivity index (χ3v) is 2.71. The van der Waals surface area contributed by atoms with Crippen molar-refractivity contribution in [1.29, 1.82) is 0 Å². The molecule has 0 saturated carbocycles. The molecule has 0 saturated heterocycles. The van der Waals surface area contributed by atoms with Crippen molar-refractivity contribution in [2.45, 2.75) is 13.3 Å². The van der Waals surface area contributed by atoms with Gasteiger partial charge < -0.3 is 14.2 Å². The van der Waals surface area contributed by atoms with Crippen molar-refractivity contribution >= 4 is 5.97 Å². The number of esters is 1. The number of carbonyl (C=O) groups excluding carboxylic acids is 1. The average Bonchev–Trinajstić information content (AvgIpc) is 2.38. The maximum Gasteiger partial charge on any atom is 0.330 e. The highest BCUT2D eigenvalue weighted by Gasteiger charge is 2.16. The molecule has 0 fully saturated rings. The lowest BCUT2D eigenvalue weighted by Gasteiger charge is -2.20. The topological polar surface area (TPSA) is 44.8 Å². The molecule has 0 atom stereocenters. The molecule has 18 heavy (non-hydrogen) atoms. The summed E-state index contributed by atoms with van der Waals surface area (Å²) in [5.74, 6) is 1.31. The van der Waals surface area contributed by atoms with Gasteiger partial charge in [0.15, 0.2) is 0 Å². The molecule has 0 aromatic heterocycles. The van der Waals surface area contributed by atoms with Crippen LogP contribution < -0.4 is 9.47 Å². The first-order valence-corrected chi connectivity index (χ1v) is 5.89. The van der Waals surface area contributed by atoms with E-state index in [0.29, 0.717) is 19.6 Å². The van der Waals surface area contributed by atoms with Crippen molar-refractivity contribution < 1.29 is 19.0 Å². The molecule has 4 nitrogen and oxygen atoms in total. The summed E-state index contributed by atoms with van der Waals surface area (Å²) >= 11 is 0. The number of carbonyl (C=O) groups is 1. The van der Waals surface area contributed by atoms with Gasteiger partial charge in [-0.3, -0.25) is 0 Å². The Kier molecular flexibility index (Phi) is 3.87. The Morgan fingerprint density at radius 2 is 2.33 bits per heavy atom. The molecule has 1 aromatic carbocycles. The molecule has 1 aliphatic rings. The van der Waals surface area contributed by atoms with E-state index in [0.717, 1.165) is 22.6 Å². The van der Waals surface area contributed by atoms with Crippen molar-refractivity contribution in [2.24, 2.45) is 0 Å². The van der Waals surface area contributed by atoms with Gasteiger partial charge in [0.05, 0.1) is 13.7 Å². The normalized spacial score (nSPS) is 15.8. The fourth-order valence-corrected chi connectivity index (χ4v) is 1.87. The second-order valence-electron chi connectivity index (χ2n) is 3.99. The Bertz CT molecular complexity index is 477. The average molecular weight is 248 g/mol. The standard InChI is InChI=1S/C14H16O4/c1-3-17-14(15)7-10-6-11-8-12(16-2)4-5-13(11)18-9-10/h4-5,7-8H,3,6,9H2,1-2H3/b10-7-. The summed E-state index contributed by atoms with van der Waals surface area (Å²) in [7, 11) is 1.63. The van der Waals surface area contributed by atoms with Gasteiger partial charge in [-0.2, -0.15) is 0 Å². The first-order chi connectivity index (χ1) is 8.72. The van der Waals surface area contributed by atoms with Crippen molar-refractivity contribution in [3.05, 3.63) is 35.4 Å². The second kappa shape index (κ2) is 5.58. The molecule has 1 heterocycles. The van der Waals surface area contributed by atoms with Crippen LogP contribution in [0.3, 0.4) is 0 Å². The van der Waals surface area contributed by atoms with E-state index in [4.69, 9.17) is 14.2 Å². The van der Waals surface area contributed by atoms with E-state index in [1.807, 2.05) is 18.2 Å². The molecular formula is C14H16O4. The van der Waals surface area contributed by atoms with Crippen LogP contribution >= 0.6 is 0 Å². The lowest BCUT2D eigenvalue weighted by Crippen LogP contribution is -2.14. The first kappa shape index (κ1) is 12.5. The Morgan fingerprint density at radius 1 is 1.50 bits per heavy atom. The predicted octanol–water partition coefficient (Wildman–Crippen LogP) is 2.12. The fraction of sp³-hybridized carbons (Fsp3) is 0.357.